The van der Waals surface area contributed by atoms with E-state index in [1.807, 2.05) is 23.9 Å². The number of hydrogen-bond acceptors (Lipinski definition) is 3. The van der Waals surface area contributed by atoms with E-state index in [4.69, 9.17) is 0 Å². The summed E-state index contributed by atoms with van der Waals surface area (Å²) in [4.78, 5) is 14.4. The number of urea groups is 1. The number of amides is 2. The fourth-order valence-electron chi connectivity index (χ4n) is 3.53. The van der Waals surface area contributed by atoms with Gasteiger partial charge < -0.3 is 15.5 Å². The molecule has 0 atom stereocenters. The van der Waals surface area contributed by atoms with Crippen LogP contribution in [0.1, 0.15) is 44.9 Å². The summed E-state index contributed by atoms with van der Waals surface area (Å²) in [6.07, 6.45) is 9.34. The van der Waals surface area contributed by atoms with Crippen molar-refractivity contribution < 1.29 is 4.79 Å². The molecule has 0 unspecified atom stereocenters. The quantitative estimate of drug-likeness (QED) is 0.746. The molecule has 24 heavy (non-hydrogen) atoms. The van der Waals surface area contributed by atoms with E-state index in [2.05, 4.69) is 27.7 Å². The van der Waals surface area contributed by atoms with Crippen LogP contribution in [0, 0.1) is 0 Å². The average molecular weight is 348 g/mol. The maximum atomic E-state index is 12.0. The third kappa shape index (κ3) is 5.33. The highest BCUT2D eigenvalue weighted by Crippen LogP contribution is 2.28. The minimum atomic E-state index is -0.104. The third-order valence-electron chi connectivity index (χ3n) is 4.89. The molecular formula is C19H29N3OS. The first-order valence-corrected chi connectivity index (χ1v) is 10.4. The fraction of sp³-hybridized carbons (Fsp3) is 0.632. The molecule has 132 valence electrons. The van der Waals surface area contributed by atoms with Gasteiger partial charge in [-0.25, -0.2) is 4.79 Å². The molecule has 4 nitrogen and oxygen atoms in total. The van der Waals surface area contributed by atoms with Crippen molar-refractivity contribution in [3.8, 4) is 0 Å². The van der Waals surface area contributed by atoms with Crippen molar-refractivity contribution in [2.24, 2.45) is 0 Å². The van der Waals surface area contributed by atoms with Crippen molar-refractivity contribution in [1.29, 1.82) is 0 Å². The molecule has 1 heterocycles. The summed E-state index contributed by atoms with van der Waals surface area (Å²) < 4.78 is 0. The molecule has 5 heteroatoms. The van der Waals surface area contributed by atoms with E-state index in [0.717, 1.165) is 36.3 Å². The van der Waals surface area contributed by atoms with Gasteiger partial charge in [0.05, 0.1) is 0 Å². The Kier molecular flexibility index (Phi) is 6.70. The van der Waals surface area contributed by atoms with E-state index in [-0.39, 0.29) is 6.03 Å². The van der Waals surface area contributed by atoms with Gasteiger partial charge in [0, 0.05) is 42.0 Å². The maximum Gasteiger partial charge on any atom is 0.319 e. The Hall–Kier alpha value is -1.36. The van der Waals surface area contributed by atoms with Crippen LogP contribution in [0.3, 0.4) is 0 Å². The van der Waals surface area contributed by atoms with E-state index < -0.39 is 0 Å². The van der Waals surface area contributed by atoms with Crippen molar-refractivity contribution in [1.82, 2.24) is 5.32 Å². The van der Waals surface area contributed by atoms with Gasteiger partial charge in [0.25, 0.3) is 0 Å². The molecule has 2 N–H and O–H groups in total. The molecule has 0 spiro atoms. The highest BCUT2D eigenvalue weighted by atomic mass is 32.2. The molecular weight excluding hydrogens is 318 g/mol. The summed E-state index contributed by atoms with van der Waals surface area (Å²) in [6.45, 7) is 3.02. The Balaban J connectivity index is 1.36. The number of anilines is 2. The molecule has 0 radical (unpaired) electrons. The molecule has 1 aromatic carbocycles. The van der Waals surface area contributed by atoms with Gasteiger partial charge in [-0.05, 0) is 56.4 Å². The molecule has 0 aromatic heterocycles. The lowest BCUT2D eigenvalue weighted by molar-refractivity contribution is 0.252. The van der Waals surface area contributed by atoms with Crippen molar-refractivity contribution >= 4 is 29.2 Å². The number of rotatable bonds is 6. The first kappa shape index (κ1) is 17.5. The van der Waals surface area contributed by atoms with Crippen molar-refractivity contribution in [3.63, 3.8) is 0 Å². The lowest BCUT2D eigenvalue weighted by Crippen LogP contribution is -2.31. The summed E-state index contributed by atoms with van der Waals surface area (Å²) in [5.74, 6) is 1.01. The molecule has 1 saturated heterocycles. The number of carbonyl (C=O) groups excluding carboxylic acids is 1. The van der Waals surface area contributed by atoms with Gasteiger partial charge in [-0.15, -0.1) is 0 Å². The normalized spacial score (nSPS) is 18.6. The van der Waals surface area contributed by atoms with E-state index in [1.165, 1.54) is 50.6 Å². The van der Waals surface area contributed by atoms with Gasteiger partial charge in [-0.2, -0.15) is 11.8 Å². The fourth-order valence-corrected chi connectivity index (χ4v) is 4.75. The molecule has 0 bridgehead atoms. The molecule has 1 saturated carbocycles. The number of nitrogens with zero attached hydrogens (tertiary/aromatic N) is 1. The Morgan fingerprint density at radius 3 is 2.46 bits per heavy atom. The molecule has 2 amide bonds. The van der Waals surface area contributed by atoms with Crippen LogP contribution >= 0.6 is 11.8 Å². The second kappa shape index (κ2) is 9.21. The van der Waals surface area contributed by atoms with Gasteiger partial charge in [-0.3, -0.25) is 0 Å². The van der Waals surface area contributed by atoms with Crippen LogP contribution in [0.4, 0.5) is 16.2 Å². The second-order valence-electron chi connectivity index (χ2n) is 6.75. The van der Waals surface area contributed by atoms with E-state index in [0.29, 0.717) is 0 Å². The SMILES string of the molecule is O=C(NCCSC1CCCC1)Nc1ccc(N2CCCCC2)cc1. The highest BCUT2D eigenvalue weighted by Gasteiger charge is 2.15. The summed E-state index contributed by atoms with van der Waals surface area (Å²) >= 11 is 2.00. The van der Waals surface area contributed by atoms with Crippen LogP contribution in [0.15, 0.2) is 24.3 Å². The van der Waals surface area contributed by atoms with Crippen LogP contribution in [0.25, 0.3) is 0 Å². The Labute approximate surface area is 149 Å². The van der Waals surface area contributed by atoms with Crippen molar-refractivity contribution in [2.45, 2.75) is 50.2 Å². The summed E-state index contributed by atoms with van der Waals surface area (Å²) in [5, 5.41) is 6.69. The largest absolute Gasteiger partial charge is 0.372 e. The second-order valence-corrected chi connectivity index (χ2v) is 8.16. The maximum absolute atomic E-state index is 12.0. The van der Waals surface area contributed by atoms with Crippen LogP contribution in [-0.4, -0.2) is 36.7 Å². The molecule has 2 fully saturated rings. The first-order chi connectivity index (χ1) is 11.8. The highest BCUT2D eigenvalue weighted by molar-refractivity contribution is 7.99. The van der Waals surface area contributed by atoms with Gasteiger partial charge in [0.15, 0.2) is 0 Å². The van der Waals surface area contributed by atoms with Crippen LogP contribution in [0.2, 0.25) is 0 Å². The summed E-state index contributed by atoms with van der Waals surface area (Å²) in [5.41, 5.74) is 2.12. The Morgan fingerprint density at radius 2 is 1.75 bits per heavy atom. The average Bonchev–Trinajstić information content (AvgIpc) is 3.14. The van der Waals surface area contributed by atoms with Crippen LogP contribution < -0.4 is 15.5 Å². The molecule has 2 aliphatic rings. The molecule has 1 aliphatic heterocycles. The number of carbonyl (C=O) groups is 1. The molecule has 3 rings (SSSR count). The number of benzene rings is 1. The minimum absolute atomic E-state index is 0.104. The Morgan fingerprint density at radius 1 is 1.04 bits per heavy atom. The lowest BCUT2D eigenvalue weighted by Gasteiger charge is -2.28. The standard InChI is InChI=1S/C19H29N3OS/c23-19(20-12-15-24-18-6-2-3-7-18)21-16-8-10-17(11-9-16)22-13-4-1-5-14-22/h8-11,18H,1-7,12-15H2,(H2,20,21,23). The van der Waals surface area contributed by atoms with Crippen LogP contribution in [0.5, 0.6) is 0 Å². The number of hydrogen-bond donors (Lipinski definition) is 2. The minimum Gasteiger partial charge on any atom is -0.372 e. The van der Waals surface area contributed by atoms with Gasteiger partial charge in [-0.1, -0.05) is 12.8 Å². The third-order valence-corrected chi connectivity index (χ3v) is 6.27. The number of piperidine rings is 1. The van der Waals surface area contributed by atoms with Gasteiger partial charge >= 0.3 is 6.03 Å². The molecule has 1 aliphatic carbocycles. The zero-order chi connectivity index (χ0) is 16.6. The van der Waals surface area contributed by atoms with E-state index >= 15 is 0 Å². The summed E-state index contributed by atoms with van der Waals surface area (Å²) in [7, 11) is 0. The zero-order valence-electron chi connectivity index (χ0n) is 14.4. The van der Waals surface area contributed by atoms with E-state index in [1.54, 1.807) is 0 Å². The van der Waals surface area contributed by atoms with Crippen molar-refractivity contribution in [3.05, 3.63) is 24.3 Å². The number of thioether (sulfide) groups is 1. The first-order valence-electron chi connectivity index (χ1n) is 9.33. The molecule has 1 aromatic rings. The summed E-state index contributed by atoms with van der Waals surface area (Å²) in [6, 6.07) is 8.11. The number of nitrogens with one attached hydrogen (secondary N) is 2. The van der Waals surface area contributed by atoms with Crippen molar-refractivity contribution in [2.75, 3.05) is 35.6 Å². The Bertz CT molecular complexity index is 508. The van der Waals surface area contributed by atoms with Crippen LogP contribution in [-0.2, 0) is 0 Å². The predicted molar refractivity (Wildman–Crippen MR) is 104 cm³/mol. The van der Waals surface area contributed by atoms with Gasteiger partial charge in [0.1, 0.15) is 0 Å². The lowest BCUT2D eigenvalue weighted by atomic mass is 10.1. The smallest absolute Gasteiger partial charge is 0.319 e. The zero-order valence-corrected chi connectivity index (χ0v) is 15.2. The monoisotopic (exact) mass is 347 g/mol. The van der Waals surface area contributed by atoms with E-state index in [9.17, 15) is 4.79 Å². The van der Waals surface area contributed by atoms with Gasteiger partial charge in [0.2, 0.25) is 0 Å². The predicted octanol–water partition coefficient (Wildman–Crippen LogP) is 4.47. The topological polar surface area (TPSA) is 44.4 Å².